The highest BCUT2D eigenvalue weighted by Crippen LogP contribution is 2.63. The second kappa shape index (κ2) is 11.7. The number of nitrogens with zero attached hydrogens (tertiary/aromatic N) is 2. The van der Waals surface area contributed by atoms with Crippen molar-refractivity contribution in [1.82, 2.24) is 8.97 Å². The fourth-order valence-corrected chi connectivity index (χ4v) is 11.0. The smallest absolute Gasteiger partial charge is 0.0620 e. The SMILES string of the molecule is CC1(C)c2cc(-c3ccc4c(c3)c3ccccc3n4-c3ccc(-c4ccccc4)cc3)c(-c3ccc4c(c3)c3cccc5c6ccccc6n4c53)cc2C(C)(C)C1(C)C. The van der Waals surface area contributed by atoms with Gasteiger partial charge in [0.25, 0.3) is 0 Å². The fourth-order valence-electron chi connectivity index (χ4n) is 11.0. The molecule has 284 valence electrons. The van der Waals surface area contributed by atoms with Crippen molar-refractivity contribution in [3.05, 3.63) is 181 Å². The highest BCUT2D eigenvalue weighted by molar-refractivity contribution is 6.23. The Bertz CT molecular complexity index is 3500. The van der Waals surface area contributed by atoms with Crippen LogP contribution in [0.15, 0.2) is 170 Å². The number of fused-ring (bicyclic) bond motifs is 10. The van der Waals surface area contributed by atoms with Gasteiger partial charge in [0.15, 0.2) is 0 Å². The number of para-hydroxylation sites is 3. The van der Waals surface area contributed by atoms with E-state index >= 15 is 0 Å². The van der Waals surface area contributed by atoms with Gasteiger partial charge in [0.2, 0.25) is 0 Å². The molecule has 0 saturated carbocycles. The fraction of sp³-hybridized carbons (Fsp3) is 0.158. The molecule has 0 radical (unpaired) electrons. The Balaban J connectivity index is 1.09. The van der Waals surface area contributed by atoms with Crippen LogP contribution in [0.2, 0.25) is 0 Å². The Morgan fingerprint density at radius 1 is 0.339 bits per heavy atom. The lowest BCUT2D eigenvalue weighted by atomic mass is 9.59. The van der Waals surface area contributed by atoms with Crippen LogP contribution in [0.5, 0.6) is 0 Å². The largest absolute Gasteiger partial charge is 0.309 e. The van der Waals surface area contributed by atoms with E-state index in [9.17, 15) is 0 Å². The summed E-state index contributed by atoms with van der Waals surface area (Å²) < 4.78 is 4.91. The van der Waals surface area contributed by atoms with Crippen molar-refractivity contribution in [3.63, 3.8) is 0 Å². The minimum atomic E-state index is -0.0245. The highest BCUT2D eigenvalue weighted by atomic mass is 15.0. The molecule has 1 aliphatic carbocycles. The Morgan fingerprint density at radius 2 is 0.780 bits per heavy atom. The highest BCUT2D eigenvalue weighted by Gasteiger charge is 2.57. The zero-order valence-electron chi connectivity index (χ0n) is 34.6. The number of aromatic nitrogens is 2. The van der Waals surface area contributed by atoms with E-state index in [1.54, 1.807) is 0 Å². The maximum absolute atomic E-state index is 2.57. The molecule has 2 heteroatoms. The lowest BCUT2D eigenvalue weighted by Gasteiger charge is -2.44. The van der Waals surface area contributed by atoms with E-state index in [1.807, 2.05) is 0 Å². The third kappa shape index (κ3) is 4.47. The van der Waals surface area contributed by atoms with Crippen molar-refractivity contribution in [2.24, 2.45) is 5.41 Å². The number of rotatable bonds is 4. The summed E-state index contributed by atoms with van der Waals surface area (Å²) >= 11 is 0. The molecule has 0 spiro atoms. The van der Waals surface area contributed by atoms with Crippen LogP contribution in [0.25, 0.3) is 99.0 Å². The zero-order valence-corrected chi connectivity index (χ0v) is 34.6. The maximum atomic E-state index is 2.57. The number of hydrogen-bond acceptors (Lipinski definition) is 0. The molecular formula is C57H46N2. The molecule has 8 aromatic carbocycles. The minimum absolute atomic E-state index is 0.0217. The van der Waals surface area contributed by atoms with Gasteiger partial charge in [-0.25, -0.2) is 0 Å². The molecule has 3 aromatic heterocycles. The van der Waals surface area contributed by atoms with Crippen LogP contribution in [0.3, 0.4) is 0 Å². The third-order valence-electron chi connectivity index (χ3n) is 15.4. The van der Waals surface area contributed by atoms with Gasteiger partial charge in [-0.15, -0.1) is 0 Å². The van der Waals surface area contributed by atoms with Crippen molar-refractivity contribution >= 4 is 59.9 Å². The lowest BCUT2D eigenvalue weighted by molar-refractivity contribution is 0.125. The van der Waals surface area contributed by atoms with Crippen molar-refractivity contribution in [2.45, 2.75) is 52.4 Å². The first-order chi connectivity index (χ1) is 28.5. The van der Waals surface area contributed by atoms with E-state index in [2.05, 4.69) is 220 Å². The predicted octanol–water partition coefficient (Wildman–Crippen LogP) is 15.5. The summed E-state index contributed by atoms with van der Waals surface area (Å²) in [7, 11) is 0. The monoisotopic (exact) mass is 758 g/mol. The molecular weight excluding hydrogens is 713 g/mol. The Morgan fingerprint density at radius 3 is 1.42 bits per heavy atom. The minimum Gasteiger partial charge on any atom is -0.309 e. The molecule has 0 unspecified atom stereocenters. The predicted molar refractivity (Wildman–Crippen MR) is 252 cm³/mol. The van der Waals surface area contributed by atoms with Gasteiger partial charge in [-0.3, -0.25) is 0 Å². The van der Waals surface area contributed by atoms with Gasteiger partial charge in [0.1, 0.15) is 0 Å². The van der Waals surface area contributed by atoms with Crippen LogP contribution in [0.1, 0.15) is 52.7 Å². The van der Waals surface area contributed by atoms with E-state index in [-0.39, 0.29) is 16.2 Å². The van der Waals surface area contributed by atoms with Gasteiger partial charge in [0.05, 0.1) is 27.6 Å². The van der Waals surface area contributed by atoms with Crippen LogP contribution in [-0.4, -0.2) is 8.97 Å². The van der Waals surface area contributed by atoms with Gasteiger partial charge in [-0.2, -0.15) is 0 Å². The molecule has 59 heavy (non-hydrogen) atoms. The summed E-state index contributed by atoms with van der Waals surface area (Å²) in [6.45, 7) is 14.8. The van der Waals surface area contributed by atoms with Gasteiger partial charge in [0, 0.05) is 38.0 Å². The quantitative estimate of drug-likeness (QED) is 0.169. The van der Waals surface area contributed by atoms with Crippen molar-refractivity contribution < 1.29 is 0 Å². The van der Waals surface area contributed by atoms with Gasteiger partial charge in [-0.05, 0) is 121 Å². The van der Waals surface area contributed by atoms with Crippen LogP contribution >= 0.6 is 0 Å². The zero-order chi connectivity index (χ0) is 40.0. The summed E-state index contributed by atoms with van der Waals surface area (Å²) in [5, 5.41) is 7.78. The summed E-state index contributed by atoms with van der Waals surface area (Å²) in [5.74, 6) is 0. The Labute approximate surface area is 345 Å². The van der Waals surface area contributed by atoms with Crippen LogP contribution in [0, 0.1) is 5.41 Å². The molecule has 0 atom stereocenters. The van der Waals surface area contributed by atoms with Crippen molar-refractivity contribution in [3.8, 4) is 39.1 Å². The molecule has 0 amide bonds. The number of benzene rings is 8. The average molecular weight is 759 g/mol. The third-order valence-corrected chi connectivity index (χ3v) is 15.4. The standard InChI is InChI=1S/C57H46N2/c1-55(2)48-33-44(37-25-29-52-46(31-37)41-18-11-12-21-50(41)58(52)39-27-23-36(24-28-39)35-15-8-7-9-16-35)45(34-49(48)56(3,4)57(55,5)6)38-26-30-53-47(32-38)43-20-14-19-42-40-17-10-13-22-51(40)59(53)54(42)43/h7-34H,1-6H3. The molecule has 3 heterocycles. The average Bonchev–Trinajstić information content (AvgIpc) is 3.93. The molecule has 12 rings (SSSR count). The summed E-state index contributed by atoms with van der Waals surface area (Å²) in [4.78, 5) is 0. The first kappa shape index (κ1) is 34.4. The van der Waals surface area contributed by atoms with Gasteiger partial charge in [-0.1, -0.05) is 151 Å². The second-order valence-corrected chi connectivity index (χ2v) is 18.6. The molecule has 0 aliphatic heterocycles. The molecule has 1 aliphatic rings. The van der Waals surface area contributed by atoms with E-state index in [0.717, 1.165) is 0 Å². The summed E-state index contributed by atoms with van der Waals surface area (Å²) in [6, 6.07) is 63.7. The van der Waals surface area contributed by atoms with Crippen LogP contribution < -0.4 is 0 Å². The second-order valence-electron chi connectivity index (χ2n) is 18.6. The van der Waals surface area contributed by atoms with E-state index in [1.165, 1.54) is 110 Å². The normalized spacial score (nSPS) is 15.7. The van der Waals surface area contributed by atoms with Crippen molar-refractivity contribution in [2.75, 3.05) is 0 Å². The first-order valence-electron chi connectivity index (χ1n) is 21.1. The first-order valence-corrected chi connectivity index (χ1v) is 21.1. The van der Waals surface area contributed by atoms with Crippen LogP contribution in [0.4, 0.5) is 0 Å². The Kier molecular flexibility index (Phi) is 6.84. The molecule has 0 bridgehead atoms. The lowest BCUT2D eigenvalue weighted by Crippen LogP contribution is -2.42. The topological polar surface area (TPSA) is 9.34 Å². The molecule has 0 saturated heterocycles. The molecule has 11 aromatic rings. The maximum Gasteiger partial charge on any atom is 0.0620 e. The Hall–Kier alpha value is -6.64. The molecule has 0 N–H and O–H groups in total. The van der Waals surface area contributed by atoms with Gasteiger partial charge >= 0.3 is 0 Å². The van der Waals surface area contributed by atoms with E-state index < -0.39 is 0 Å². The summed E-state index contributed by atoms with van der Waals surface area (Å²) in [5.41, 5.74) is 17.9. The van der Waals surface area contributed by atoms with E-state index in [4.69, 9.17) is 0 Å². The van der Waals surface area contributed by atoms with Crippen molar-refractivity contribution in [1.29, 1.82) is 0 Å². The van der Waals surface area contributed by atoms with Crippen LogP contribution in [-0.2, 0) is 10.8 Å². The number of hydrogen-bond donors (Lipinski definition) is 0. The van der Waals surface area contributed by atoms with Gasteiger partial charge < -0.3 is 8.97 Å². The summed E-state index contributed by atoms with van der Waals surface area (Å²) in [6.07, 6.45) is 0. The molecule has 2 nitrogen and oxygen atoms in total. The van der Waals surface area contributed by atoms with E-state index in [0.29, 0.717) is 0 Å². The molecule has 0 fully saturated rings.